The van der Waals surface area contributed by atoms with E-state index in [4.69, 9.17) is 0 Å². The van der Waals surface area contributed by atoms with Crippen LogP contribution in [0.4, 0.5) is 0 Å². The van der Waals surface area contributed by atoms with Gasteiger partial charge < -0.3 is 0 Å². The van der Waals surface area contributed by atoms with Crippen LogP contribution in [0.2, 0.25) is 0 Å². The highest BCUT2D eigenvalue weighted by Gasteiger charge is 2.05. The van der Waals surface area contributed by atoms with E-state index < -0.39 is 0 Å². The molecular formula is C12H8BrN3OS. The summed E-state index contributed by atoms with van der Waals surface area (Å²) in [5.74, 6) is 0. The van der Waals surface area contributed by atoms with Crippen molar-refractivity contribution in [3.63, 3.8) is 0 Å². The molecule has 0 saturated carbocycles. The summed E-state index contributed by atoms with van der Waals surface area (Å²) in [6.45, 7) is 0.478. The number of aromatic nitrogens is 3. The van der Waals surface area contributed by atoms with Crippen LogP contribution in [0.1, 0.15) is 5.56 Å². The molecule has 0 radical (unpaired) electrons. The van der Waals surface area contributed by atoms with Gasteiger partial charge in [0.05, 0.1) is 18.4 Å². The predicted octanol–water partition coefficient (Wildman–Crippen LogP) is 2.66. The first-order chi connectivity index (χ1) is 8.74. The fraction of sp³-hybridized carbons (Fsp3) is 0.0833. The average Bonchev–Trinajstić information content (AvgIpc) is 2.82. The molecule has 0 unspecified atom stereocenters. The highest BCUT2D eigenvalue weighted by atomic mass is 79.9. The van der Waals surface area contributed by atoms with Crippen LogP contribution in [-0.2, 0) is 6.54 Å². The van der Waals surface area contributed by atoms with Gasteiger partial charge in [-0.25, -0.2) is 4.98 Å². The molecule has 3 aromatic heterocycles. The maximum Gasteiger partial charge on any atom is 0.271 e. The van der Waals surface area contributed by atoms with Crippen LogP contribution in [0.15, 0.2) is 45.5 Å². The lowest BCUT2D eigenvalue weighted by atomic mass is 10.3. The van der Waals surface area contributed by atoms with Crippen molar-refractivity contribution in [2.24, 2.45) is 0 Å². The number of fused-ring (bicyclic) bond motifs is 1. The fourth-order valence-corrected chi connectivity index (χ4v) is 2.94. The van der Waals surface area contributed by atoms with Crippen LogP contribution < -0.4 is 5.56 Å². The second kappa shape index (κ2) is 4.62. The predicted molar refractivity (Wildman–Crippen MR) is 74.9 cm³/mol. The number of pyridine rings is 1. The summed E-state index contributed by atoms with van der Waals surface area (Å²) < 4.78 is 3.20. The molecule has 0 spiro atoms. The van der Waals surface area contributed by atoms with Crippen molar-refractivity contribution < 1.29 is 0 Å². The molecule has 0 atom stereocenters. The van der Waals surface area contributed by atoms with Crippen molar-refractivity contribution in [3.8, 4) is 0 Å². The van der Waals surface area contributed by atoms with E-state index in [1.54, 1.807) is 23.3 Å². The highest BCUT2D eigenvalue weighted by Crippen LogP contribution is 2.14. The van der Waals surface area contributed by atoms with Crippen molar-refractivity contribution in [1.82, 2.24) is 14.5 Å². The van der Waals surface area contributed by atoms with E-state index in [-0.39, 0.29) is 5.56 Å². The van der Waals surface area contributed by atoms with Crippen LogP contribution in [0.5, 0.6) is 0 Å². The summed E-state index contributed by atoms with van der Waals surface area (Å²) in [7, 11) is 0. The Bertz CT molecular complexity index is 765. The number of thiophene rings is 1. The van der Waals surface area contributed by atoms with E-state index in [0.29, 0.717) is 11.2 Å². The van der Waals surface area contributed by atoms with E-state index >= 15 is 0 Å². The summed E-state index contributed by atoms with van der Waals surface area (Å²) in [6, 6.07) is 3.80. The van der Waals surface area contributed by atoms with Gasteiger partial charge in [0.2, 0.25) is 0 Å². The SMILES string of the molecule is O=c1c2sccc2ncn1Cc1cncc(Br)c1. The molecule has 3 aromatic rings. The van der Waals surface area contributed by atoms with Gasteiger partial charge in [0.1, 0.15) is 4.70 Å². The fourth-order valence-electron chi connectivity index (χ4n) is 1.73. The topological polar surface area (TPSA) is 47.8 Å². The molecule has 3 heterocycles. The molecule has 6 heteroatoms. The van der Waals surface area contributed by atoms with Gasteiger partial charge in [-0.05, 0) is 39.0 Å². The molecule has 0 amide bonds. The summed E-state index contributed by atoms with van der Waals surface area (Å²) >= 11 is 4.79. The van der Waals surface area contributed by atoms with Crippen LogP contribution in [-0.4, -0.2) is 14.5 Å². The molecule has 0 bridgehead atoms. The van der Waals surface area contributed by atoms with E-state index in [0.717, 1.165) is 15.6 Å². The summed E-state index contributed by atoms with van der Waals surface area (Å²) in [5, 5.41) is 1.88. The molecular weight excluding hydrogens is 314 g/mol. The zero-order valence-corrected chi connectivity index (χ0v) is 11.6. The third-order valence-electron chi connectivity index (χ3n) is 2.55. The molecule has 90 valence electrons. The van der Waals surface area contributed by atoms with Crippen molar-refractivity contribution in [2.45, 2.75) is 6.54 Å². The number of nitrogens with zero attached hydrogens (tertiary/aromatic N) is 3. The third kappa shape index (κ3) is 2.09. The first kappa shape index (κ1) is 11.6. The standard InChI is InChI=1S/C12H8BrN3OS/c13-9-3-8(4-14-5-9)6-16-7-15-10-1-2-18-11(10)12(16)17/h1-5,7H,6H2. The van der Waals surface area contributed by atoms with E-state index in [2.05, 4.69) is 25.9 Å². The Kier molecular flexibility index (Phi) is 2.97. The lowest BCUT2D eigenvalue weighted by molar-refractivity contribution is 0.746. The maximum atomic E-state index is 12.2. The quantitative estimate of drug-likeness (QED) is 0.729. The Hall–Kier alpha value is -1.53. The molecule has 0 aliphatic carbocycles. The normalized spacial score (nSPS) is 10.9. The van der Waals surface area contributed by atoms with Gasteiger partial charge in [-0.1, -0.05) is 0 Å². The van der Waals surface area contributed by atoms with Crippen LogP contribution in [0.3, 0.4) is 0 Å². The summed E-state index contributed by atoms with van der Waals surface area (Å²) in [6.07, 6.45) is 5.04. The van der Waals surface area contributed by atoms with Gasteiger partial charge in [-0.15, -0.1) is 11.3 Å². The van der Waals surface area contributed by atoms with Gasteiger partial charge in [0.25, 0.3) is 5.56 Å². The highest BCUT2D eigenvalue weighted by molar-refractivity contribution is 9.10. The molecule has 0 aliphatic rings. The molecule has 0 N–H and O–H groups in total. The number of hydrogen-bond acceptors (Lipinski definition) is 4. The zero-order valence-electron chi connectivity index (χ0n) is 9.21. The third-order valence-corrected chi connectivity index (χ3v) is 3.88. The molecule has 4 nitrogen and oxygen atoms in total. The van der Waals surface area contributed by atoms with Crippen molar-refractivity contribution in [1.29, 1.82) is 0 Å². The van der Waals surface area contributed by atoms with Crippen molar-refractivity contribution in [3.05, 3.63) is 56.6 Å². The second-order valence-corrected chi connectivity index (χ2v) is 5.66. The minimum Gasteiger partial charge on any atom is -0.293 e. The van der Waals surface area contributed by atoms with E-state index in [1.807, 2.05) is 17.5 Å². The lowest BCUT2D eigenvalue weighted by Gasteiger charge is -2.05. The minimum atomic E-state index is -0.00465. The van der Waals surface area contributed by atoms with Crippen LogP contribution >= 0.6 is 27.3 Å². The molecule has 0 saturated heterocycles. The van der Waals surface area contributed by atoms with E-state index in [9.17, 15) is 4.79 Å². The van der Waals surface area contributed by atoms with Gasteiger partial charge in [0.15, 0.2) is 0 Å². The first-order valence-electron chi connectivity index (χ1n) is 5.26. The first-order valence-corrected chi connectivity index (χ1v) is 6.93. The lowest BCUT2D eigenvalue weighted by Crippen LogP contribution is -2.20. The van der Waals surface area contributed by atoms with Gasteiger partial charge >= 0.3 is 0 Å². The van der Waals surface area contributed by atoms with Gasteiger partial charge in [0, 0.05) is 16.9 Å². The largest absolute Gasteiger partial charge is 0.293 e. The van der Waals surface area contributed by atoms with E-state index in [1.165, 1.54) is 11.3 Å². The minimum absolute atomic E-state index is 0.00465. The number of rotatable bonds is 2. The molecule has 0 aliphatic heterocycles. The Balaban J connectivity index is 2.05. The van der Waals surface area contributed by atoms with Crippen molar-refractivity contribution >= 4 is 37.5 Å². The summed E-state index contributed by atoms with van der Waals surface area (Å²) in [4.78, 5) is 20.5. The monoisotopic (exact) mass is 321 g/mol. The molecule has 0 fully saturated rings. The number of halogens is 1. The second-order valence-electron chi connectivity index (χ2n) is 3.82. The molecule has 18 heavy (non-hydrogen) atoms. The number of hydrogen-bond donors (Lipinski definition) is 0. The van der Waals surface area contributed by atoms with Crippen LogP contribution in [0.25, 0.3) is 10.2 Å². The van der Waals surface area contributed by atoms with Crippen molar-refractivity contribution in [2.75, 3.05) is 0 Å². The Morgan fingerprint density at radius 3 is 3.11 bits per heavy atom. The van der Waals surface area contributed by atoms with Gasteiger partial charge in [-0.2, -0.15) is 0 Å². The molecule has 3 rings (SSSR count). The van der Waals surface area contributed by atoms with Gasteiger partial charge in [-0.3, -0.25) is 14.3 Å². The maximum absolute atomic E-state index is 12.2. The average molecular weight is 322 g/mol. The Morgan fingerprint density at radius 1 is 1.39 bits per heavy atom. The Labute approximate surface area is 115 Å². The zero-order chi connectivity index (χ0) is 12.5. The summed E-state index contributed by atoms with van der Waals surface area (Å²) in [5.41, 5.74) is 1.72. The molecule has 0 aromatic carbocycles. The van der Waals surface area contributed by atoms with Crippen LogP contribution in [0, 0.1) is 0 Å². The smallest absolute Gasteiger partial charge is 0.271 e. The Morgan fingerprint density at radius 2 is 2.28 bits per heavy atom.